The number of aromatic nitrogens is 2. The molecule has 0 amide bonds. The van der Waals surface area contributed by atoms with Gasteiger partial charge in [0.15, 0.2) is 0 Å². The number of rotatable bonds is 6. The molecule has 0 aliphatic rings. The van der Waals surface area contributed by atoms with Crippen molar-refractivity contribution in [1.29, 1.82) is 0 Å². The van der Waals surface area contributed by atoms with Gasteiger partial charge in [-0.2, -0.15) is 5.10 Å². The predicted octanol–water partition coefficient (Wildman–Crippen LogP) is 1.76. The predicted molar refractivity (Wildman–Crippen MR) is 65.8 cm³/mol. The smallest absolute Gasteiger partial charge is 0.0863 e. The Morgan fingerprint density at radius 3 is 2.75 bits per heavy atom. The third-order valence-corrected chi connectivity index (χ3v) is 3.07. The maximum Gasteiger partial charge on any atom is 0.0863 e. The van der Waals surface area contributed by atoms with Crippen molar-refractivity contribution in [2.45, 2.75) is 32.9 Å². The SMILES string of the molecule is CCc1nn(C)c(CNCC(C)OC)c1Cl. The van der Waals surface area contributed by atoms with Crippen molar-refractivity contribution in [2.75, 3.05) is 13.7 Å². The molecule has 1 aromatic rings. The highest BCUT2D eigenvalue weighted by Crippen LogP contribution is 2.20. The number of hydrogen-bond acceptors (Lipinski definition) is 3. The van der Waals surface area contributed by atoms with Crippen molar-refractivity contribution in [3.8, 4) is 0 Å². The first-order valence-electron chi connectivity index (χ1n) is 5.53. The fourth-order valence-electron chi connectivity index (χ4n) is 1.49. The Balaban J connectivity index is 2.56. The van der Waals surface area contributed by atoms with E-state index in [9.17, 15) is 0 Å². The molecule has 0 radical (unpaired) electrons. The van der Waals surface area contributed by atoms with E-state index in [1.807, 2.05) is 18.7 Å². The van der Waals surface area contributed by atoms with Crippen molar-refractivity contribution >= 4 is 11.6 Å². The van der Waals surface area contributed by atoms with Crippen LogP contribution in [0.2, 0.25) is 5.02 Å². The molecular formula is C11H20ClN3O. The minimum Gasteiger partial charge on any atom is -0.380 e. The van der Waals surface area contributed by atoms with Crippen molar-refractivity contribution in [3.63, 3.8) is 0 Å². The van der Waals surface area contributed by atoms with E-state index in [0.29, 0.717) is 0 Å². The average molecular weight is 246 g/mol. The summed E-state index contributed by atoms with van der Waals surface area (Å²) in [7, 11) is 3.63. The number of halogens is 1. The lowest BCUT2D eigenvalue weighted by atomic mass is 10.3. The Hall–Kier alpha value is -0.580. The van der Waals surface area contributed by atoms with E-state index in [0.717, 1.165) is 35.9 Å². The standard InChI is InChI=1S/C11H20ClN3O/c1-5-9-11(12)10(15(3)14-9)7-13-6-8(2)16-4/h8,13H,5-7H2,1-4H3. The molecule has 1 heterocycles. The quantitative estimate of drug-likeness (QED) is 0.830. The van der Waals surface area contributed by atoms with Crippen LogP contribution in [0.1, 0.15) is 25.2 Å². The van der Waals surface area contributed by atoms with Crippen molar-refractivity contribution in [3.05, 3.63) is 16.4 Å². The summed E-state index contributed by atoms with van der Waals surface area (Å²) in [6.45, 7) is 5.60. The van der Waals surface area contributed by atoms with Crippen LogP contribution in [0.15, 0.2) is 0 Å². The van der Waals surface area contributed by atoms with Gasteiger partial charge in [0.05, 0.1) is 22.5 Å². The summed E-state index contributed by atoms with van der Waals surface area (Å²) >= 11 is 6.22. The van der Waals surface area contributed by atoms with E-state index in [2.05, 4.69) is 17.3 Å². The van der Waals surface area contributed by atoms with Gasteiger partial charge in [0.2, 0.25) is 0 Å². The highest BCUT2D eigenvalue weighted by atomic mass is 35.5. The molecule has 0 bridgehead atoms. The second kappa shape index (κ2) is 6.23. The zero-order chi connectivity index (χ0) is 12.1. The van der Waals surface area contributed by atoms with E-state index in [1.54, 1.807) is 7.11 Å². The molecule has 92 valence electrons. The van der Waals surface area contributed by atoms with E-state index in [4.69, 9.17) is 16.3 Å². The van der Waals surface area contributed by atoms with Gasteiger partial charge in [-0.1, -0.05) is 18.5 Å². The Bertz CT molecular complexity index is 338. The minimum absolute atomic E-state index is 0.206. The van der Waals surface area contributed by atoms with E-state index >= 15 is 0 Å². The molecule has 1 atom stereocenters. The minimum atomic E-state index is 0.206. The van der Waals surface area contributed by atoms with Crippen LogP contribution in [0.4, 0.5) is 0 Å². The van der Waals surface area contributed by atoms with Crippen LogP contribution in [0, 0.1) is 0 Å². The van der Waals surface area contributed by atoms with Gasteiger partial charge in [-0.25, -0.2) is 0 Å². The van der Waals surface area contributed by atoms with Crippen LogP contribution < -0.4 is 5.32 Å². The zero-order valence-corrected chi connectivity index (χ0v) is 11.1. The first-order valence-corrected chi connectivity index (χ1v) is 5.91. The van der Waals surface area contributed by atoms with Crippen molar-refractivity contribution < 1.29 is 4.74 Å². The van der Waals surface area contributed by atoms with Crippen LogP contribution in [0.5, 0.6) is 0 Å². The number of nitrogens with zero attached hydrogens (tertiary/aromatic N) is 2. The van der Waals surface area contributed by atoms with Gasteiger partial charge in [0.1, 0.15) is 0 Å². The molecule has 4 nitrogen and oxygen atoms in total. The van der Waals surface area contributed by atoms with Gasteiger partial charge >= 0.3 is 0 Å². The first kappa shape index (κ1) is 13.5. The third kappa shape index (κ3) is 3.20. The molecule has 0 aromatic carbocycles. The maximum absolute atomic E-state index is 6.22. The lowest BCUT2D eigenvalue weighted by Crippen LogP contribution is -2.26. The fraction of sp³-hybridized carbons (Fsp3) is 0.727. The van der Waals surface area contributed by atoms with Crippen molar-refractivity contribution in [1.82, 2.24) is 15.1 Å². The molecule has 0 spiro atoms. The first-order chi connectivity index (χ1) is 7.60. The Morgan fingerprint density at radius 1 is 1.56 bits per heavy atom. The molecule has 1 unspecified atom stereocenters. The van der Waals surface area contributed by atoms with Gasteiger partial charge < -0.3 is 10.1 Å². The second-order valence-corrected chi connectivity index (χ2v) is 4.24. The number of ether oxygens (including phenoxy) is 1. The molecule has 0 saturated carbocycles. The summed E-state index contributed by atoms with van der Waals surface area (Å²) in [6, 6.07) is 0. The Labute approximate surface area is 102 Å². The average Bonchev–Trinajstić information content (AvgIpc) is 2.55. The normalized spacial score (nSPS) is 13.1. The fourth-order valence-corrected chi connectivity index (χ4v) is 1.85. The number of hydrogen-bond donors (Lipinski definition) is 1. The summed E-state index contributed by atoms with van der Waals surface area (Å²) in [4.78, 5) is 0. The largest absolute Gasteiger partial charge is 0.380 e. The maximum atomic E-state index is 6.22. The van der Waals surface area contributed by atoms with Crippen LogP contribution in [-0.4, -0.2) is 29.5 Å². The molecule has 0 fully saturated rings. The van der Waals surface area contributed by atoms with Crippen LogP contribution >= 0.6 is 11.6 Å². The van der Waals surface area contributed by atoms with E-state index in [-0.39, 0.29) is 6.10 Å². The summed E-state index contributed by atoms with van der Waals surface area (Å²) in [5, 5.41) is 8.44. The summed E-state index contributed by atoms with van der Waals surface area (Å²) in [5.41, 5.74) is 1.99. The van der Waals surface area contributed by atoms with Crippen LogP contribution in [-0.2, 0) is 24.8 Å². The Morgan fingerprint density at radius 2 is 2.25 bits per heavy atom. The summed E-state index contributed by atoms with van der Waals surface area (Å²) in [6.07, 6.45) is 1.07. The molecule has 16 heavy (non-hydrogen) atoms. The van der Waals surface area contributed by atoms with Gasteiger partial charge in [-0.15, -0.1) is 0 Å². The van der Waals surface area contributed by atoms with E-state index < -0.39 is 0 Å². The van der Waals surface area contributed by atoms with E-state index in [1.165, 1.54) is 0 Å². The molecular weight excluding hydrogens is 226 g/mol. The summed E-state index contributed by atoms with van der Waals surface area (Å²) in [5.74, 6) is 0. The van der Waals surface area contributed by atoms with Gasteiger partial charge in [-0.05, 0) is 13.3 Å². The van der Waals surface area contributed by atoms with Gasteiger partial charge in [0, 0.05) is 27.2 Å². The summed E-state index contributed by atoms with van der Waals surface area (Å²) < 4.78 is 7.00. The number of nitrogens with one attached hydrogen (secondary N) is 1. The number of methoxy groups -OCH3 is 1. The lowest BCUT2D eigenvalue weighted by molar-refractivity contribution is 0.117. The number of aryl methyl sites for hydroxylation is 2. The highest BCUT2D eigenvalue weighted by Gasteiger charge is 2.12. The Kier molecular flexibility index (Phi) is 5.25. The molecule has 1 aromatic heterocycles. The molecule has 5 heteroatoms. The van der Waals surface area contributed by atoms with Crippen molar-refractivity contribution in [2.24, 2.45) is 7.05 Å². The monoisotopic (exact) mass is 245 g/mol. The topological polar surface area (TPSA) is 39.1 Å². The molecule has 1 N–H and O–H groups in total. The zero-order valence-electron chi connectivity index (χ0n) is 10.4. The molecule has 1 rings (SSSR count). The van der Waals surface area contributed by atoms with Gasteiger partial charge in [-0.3, -0.25) is 4.68 Å². The second-order valence-electron chi connectivity index (χ2n) is 3.86. The highest BCUT2D eigenvalue weighted by molar-refractivity contribution is 6.31. The van der Waals surface area contributed by atoms with Gasteiger partial charge in [0.25, 0.3) is 0 Å². The van der Waals surface area contributed by atoms with Crippen LogP contribution in [0.3, 0.4) is 0 Å². The van der Waals surface area contributed by atoms with Crippen LogP contribution in [0.25, 0.3) is 0 Å². The molecule has 0 aliphatic carbocycles. The molecule has 0 aliphatic heterocycles. The lowest BCUT2D eigenvalue weighted by Gasteiger charge is -2.10. The third-order valence-electron chi connectivity index (χ3n) is 2.63. The molecule has 0 saturated heterocycles.